The van der Waals surface area contributed by atoms with E-state index < -0.39 is 0 Å². The van der Waals surface area contributed by atoms with Gasteiger partial charge < -0.3 is 15.6 Å². The van der Waals surface area contributed by atoms with Crippen LogP contribution in [0.15, 0.2) is 29.4 Å². The number of aryl methyl sites for hydroxylation is 1. The Bertz CT molecular complexity index is 830. The fraction of sp³-hybridized carbons (Fsp3) is 0.524. The molecule has 1 atom stereocenters. The lowest BCUT2D eigenvalue weighted by Crippen LogP contribution is -2.33. The van der Waals surface area contributed by atoms with Gasteiger partial charge in [0, 0.05) is 19.9 Å². The van der Waals surface area contributed by atoms with Gasteiger partial charge in [-0.3, -0.25) is 9.59 Å². The summed E-state index contributed by atoms with van der Waals surface area (Å²) in [6, 6.07) is 8.41. The van der Waals surface area contributed by atoms with Crippen LogP contribution in [0.2, 0.25) is 0 Å². The van der Waals surface area contributed by atoms with E-state index in [4.69, 9.17) is 5.73 Å². The molecule has 0 unspecified atom stereocenters. The summed E-state index contributed by atoms with van der Waals surface area (Å²) in [5.74, 6) is 1.24. The molecule has 0 spiro atoms. The van der Waals surface area contributed by atoms with Crippen LogP contribution in [0.1, 0.15) is 63.0 Å². The standard InChI is InChI=1S/C21H31N5O2S/c1-13(2)15-6-8-16(9-7-15)20(14(3)4)23-19(28)12-29-21-25-24-18(26(21)5)11-10-17(22)27/h6-9,13-14,20H,10-12H2,1-5H3,(H2,22,27)(H,23,28)/t20-/m1/s1. The molecule has 0 bridgehead atoms. The number of rotatable bonds is 10. The highest BCUT2D eigenvalue weighted by molar-refractivity contribution is 7.99. The molecule has 0 radical (unpaired) electrons. The normalized spacial score (nSPS) is 12.4. The third-order valence-electron chi connectivity index (χ3n) is 4.80. The van der Waals surface area contributed by atoms with Crippen molar-refractivity contribution in [3.8, 4) is 0 Å². The van der Waals surface area contributed by atoms with Crippen LogP contribution in [0.4, 0.5) is 0 Å². The highest BCUT2D eigenvalue weighted by atomic mass is 32.2. The Morgan fingerprint density at radius 3 is 2.28 bits per heavy atom. The molecule has 1 aromatic heterocycles. The lowest BCUT2D eigenvalue weighted by Gasteiger charge is -2.23. The first-order valence-electron chi connectivity index (χ1n) is 9.87. The number of nitrogens with two attached hydrogens (primary N) is 1. The average Bonchev–Trinajstić information content (AvgIpc) is 3.02. The summed E-state index contributed by atoms with van der Waals surface area (Å²) in [6.07, 6.45) is 0.663. The second-order valence-corrected chi connectivity index (χ2v) is 8.77. The van der Waals surface area contributed by atoms with Crippen molar-refractivity contribution in [1.29, 1.82) is 0 Å². The van der Waals surface area contributed by atoms with Crippen LogP contribution < -0.4 is 11.1 Å². The van der Waals surface area contributed by atoms with E-state index in [2.05, 4.69) is 67.5 Å². The van der Waals surface area contributed by atoms with E-state index in [0.29, 0.717) is 23.3 Å². The van der Waals surface area contributed by atoms with Gasteiger partial charge in [-0.1, -0.05) is 63.7 Å². The number of carbonyl (C=O) groups excluding carboxylic acids is 2. The maximum absolute atomic E-state index is 12.6. The zero-order valence-corrected chi connectivity index (χ0v) is 18.6. The lowest BCUT2D eigenvalue weighted by atomic mass is 9.93. The SMILES string of the molecule is CC(C)c1ccc([C@H](NC(=O)CSc2nnc(CCC(N)=O)n2C)C(C)C)cc1. The molecule has 0 fully saturated rings. The Morgan fingerprint density at radius 1 is 1.10 bits per heavy atom. The maximum Gasteiger partial charge on any atom is 0.230 e. The van der Waals surface area contributed by atoms with Crippen molar-refractivity contribution in [1.82, 2.24) is 20.1 Å². The van der Waals surface area contributed by atoms with Crippen LogP contribution >= 0.6 is 11.8 Å². The molecule has 0 aliphatic rings. The van der Waals surface area contributed by atoms with Crippen LogP contribution in [-0.2, 0) is 23.1 Å². The summed E-state index contributed by atoms with van der Waals surface area (Å²) >= 11 is 1.33. The fourth-order valence-electron chi connectivity index (χ4n) is 2.99. The van der Waals surface area contributed by atoms with E-state index in [1.165, 1.54) is 17.3 Å². The molecule has 2 aromatic rings. The molecule has 0 saturated carbocycles. The van der Waals surface area contributed by atoms with Crippen LogP contribution in [0.5, 0.6) is 0 Å². The predicted molar refractivity (Wildman–Crippen MR) is 115 cm³/mol. The Morgan fingerprint density at radius 2 is 1.72 bits per heavy atom. The molecule has 0 aliphatic heterocycles. The Balaban J connectivity index is 1.96. The Labute approximate surface area is 176 Å². The van der Waals surface area contributed by atoms with Gasteiger partial charge in [-0.2, -0.15) is 0 Å². The molecule has 29 heavy (non-hydrogen) atoms. The van der Waals surface area contributed by atoms with E-state index >= 15 is 0 Å². The maximum atomic E-state index is 12.6. The molecular formula is C21H31N5O2S. The van der Waals surface area contributed by atoms with Gasteiger partial charge in [0.05, 0.1) is 11.8 Å². The zero-order chi connectivity index (χ0) is 21.6. The van der Waals surface area contributed by atoms with Gasteiger partial charge in [-0.15, -0.1) is 10.2 Å². The van der Waals surface area contributed by atoms with Crippen LogP contribution in [-0.4, -0.2) is 32.3 Å². The van der Waals surface area contributed by atoms with Crippen LogP contribution in [0.3, 0.4) is 0 Å². The van der Waals surface area contributed by atoms with Gasteiger partial charge in [-0.25, -0.2) is 0 Å². The van der Waals surface area contributed by atoms with E-state index in [1.807, 2.05) is 7.05 Å². The van der Waals surface area contributed by atoms with Gasteiger partial charge in [0.25, 0.3) is 0 Å². The molecule has 7 nitrogen and oxygen atoms in total. The molecule has 0 saturated heterocycles. The summed E-state index contributed by atoms with van der Waals surface area (Å²) < 4.78 is 1.80. The summed E-state index contributed by atoms with van der Waals surface area (Å²) in [5.41, 5.74) is 7.57. The lowest BCUT2D eigenvalue weighted by molar-refractivity contribution is -0.120. The van der Waals surface area contributed by atoms with Gasteiger partial charge in [0.2, 0.25) is 11.8 Å². The molecular weight excluding hydrogens is 386 g/mol. The molecule has 1 aromatic carbocycles. The first-order chi connectivity index (χ1) is 13.7. The number of carbonyl (C=O) groups is 2. The second-order valence-electron chi connectivity index (χ2n) is 7.82. The topological polar surface area (TPSA) is 103 Å². The first kappa shape index (κ1) is 22.9. The number of benzene rings is 1. The van der Waals surface area contributed by atoms with Gasteiger partial charge >= 0.3 is 0 Å². The highest BCUT2D eigenvalue weighted by Gasteiger charge is 2.19. The summed E-state index contributed by atoms with van der Waals surface area (Å²) in [5, 5.41) is 12.0. The third kappa shape index (κ3) is 6.59. The van der Waals surface area contributed by atoms with E-state index in [9.17, 15) is 9.59 Å². The number of hydrogen-bond donors (Lipinski definition) is 2. The van der Waals surface area contributed by atoms with Gasteiger partial charge in [0.15, 0.2) is 5.16 Å². The minimum absolute atomic E-state index is 0.0464. The van der Waals surface area contributed by atoms with Crippen LogP contribution in [0.25, 0.3) is 0 Å². The number of aromatic nitrogens is 3. The zero-order valence-electron chi connectivity index (χ0n) is 17.8. The monoisotopic (exact) mass is 417 g/mol. The minimum Gasteiger partial charge on any atom is -0.370 e. The van der Waals surface area contributed by atoms with Crippen molar-refractivity contribution in [2.45, 2.75) is 57.7 Å². The Kier molecular flexibility index (Phi) is 8.25. The Hall–Kier alpha value is -2.35. The molecule has 8 heteroatoms. The number of nitrogens with zero attached hydrogens (tertiary/aromatic N) is 3. The molecule has 0 aliphatic carbocycles. The number of primary amides is 1. The molecule has 158 valence electrons. The van der Waals surface area contributed by atoms with Crippen molar-refractivity contribution in [2.75, 3.05) is 5.75 Å². The predicted octanol–water partition coefficient (Wildman–Crippen LogP) is 2.96. The van der Waals surface area contributed by atoms with Crippen molar-refractivity contribution in [3.05, 3.63) is 41.2 Å². The molecule has 1 heterocycles. The van der Waals surface area contributed by atoms with Crippen molar-refractivity contribution in [3.63, 3.8) is 0 Å². The fourth-order valence-corrected chi connectivity index (χ4v) is 3.73. The minimum atomic E-state index is -0.372. The largest absolute Gasteiger partial charge is 0.370 e. The first-order valence-corrected chi connectivity index (χ1v) is 10.9. The van der Waals surface area contributed by atoms with Crippen LogP contribution in [0, 0.1) is 5.92 Å². The number of thioether (sulfide) groups is 1. The van der Waals surface area contributed by atoms with Crippen molar-refractivity contribution >= 4 is 23.6 Å². The smallest absolute Gasteiger partial charge is 0.230 e. The molecule has 2 amide bonds. The van der Waals surface area contributed by atoms with E-state index in [1.54, 1.807) is 4.57 Å². The highest BCUT2D eigenvalue weighted by Crippen LogP contribution is 2.25. The quantitative estimate of drug-likeness (QED) is 0.579. The van der Waals surface area contributed by atoms with Crippen molar-refractivity contribution < 1.29 is 9.59 Å². The number of amides is 2. The summed E-state index contributed by atoms with van der Waals surface area (Å²) in [7, 11) is 1.82. The average molecular weight is 418 g/mol. The van der Waals surface area contributed by atoms with Gasteiger partial charge in [0.1, 0.15) is 5.82 Å². The summed E-state index contributed by atoms with van der Waals surface area (Å²) in [4.78, 5) is 23.5. The number of hydrogen-bond acceptors (Lipinski definition) is 5. The van der Waals surface area contributed by atoms with Crippen molar-refractivity contribution in [2.24, 2.45) is 18.7 Å². The molecule has 2 rings (SSSR count). The summed E-state index contributed by atoms with van der Waals surface area (Å²) in [6.45, 7) is 8.53. The number of nitrogens with one attached hydrogen (secondary N) is 1. The van der Waals surface area contributed by atoms with E-state index in [0.717, 1.165) is 5.56 Å². The third-order valence-corrected chi connectivity index (χ3v) is 5.82. The van der Waals surface area contributed by atoms with E-state index in [-0.39, 0.29) is 35.9 Å². The second kappa shape index (κ2) is 10.4. The van der Waals surface area contributed by atoms with Gasteiger partial charge in [-0.05, 0) is 23.0 Å². The molecule has 3 N–H and O–H groups in total.